The minimum absolute atomic E-state index is 0.262. The van der Waals surface area contributed by atoms with Crippen LogP contribution in [0.4, 0.5) is 8.78 Å². The molecule has 3 rings (SSSR count). The van der Waals surface area contributed by atoms with E-state index in [9.17, 15) is 22.3 Å². The average Bonchev–Trinajstić information content (AvgIpc) is 2.67. The molecule has 2 N–H and O–H groups in total. The van der Waals surface area contributed by atoms with Gasteiger partial charge in [0, 0.05) is 19.8 Å². The maximum atomic E-state index is 13.9. The minimum Gasteiger partial charge on any atom is -0.383 e. The zero-order valence-electron chi connectivity index (χ0n) is 14.6. The van der Waals surface area contributed by atoms with Gasteiger partial charge in [0.25, 0.3) is 0 Å². The molecule has 1 saturated heterocycles. The second-order valence-corrected chi connectivity index (χ2v) is 8.26. The van der Waals surface area contributed by atoms with Crippen LogP contribution in [0.5, 0.6) is 0 Å². The smallest absolute Gasteiger partial charge is 0.246 e. The van der Waals surface area contributed by atoms with Gasteiger partial charge in [-0.15, -0.1) is 0 Å². The molecule has 0 aliphatic carbocycles. The van der Waals surface area contributed by atoms with Crippen LogP contribution in [0.15, 0.2) is 53.4 Å². The Morgan fingerprint density at radius 1 is 1.04 bits per heavy atom. The lowest BCUT2D eigenvalue weighted by molar-refractivity contribution is -0.0664. The summed E-state index contributed by atoms with van der Waals surface area (Å²) in [6.07, 6.45) is 1.09. The summed E-state index contributed by atoms with van der Waals surface area (Å²) >= 11 is 0. The van der Waals surface area contributed by atoms with Gasteiger partial charge < -0.3 is 9.84 Å². The molecule has 1 fully saturated rings. The zero-order valence-corrected chi connectivity index (χ0v) is 15.4. The van der Waals surface area contributed by atoms with Gasteiger partial charge in [-0.3, -0.25) is 0 Å². The zero-order chi connectivity index (χ0) is 19.5. The van der Waals surface area contributed by atoms with E-state index in [4.69, 9.17) is 4.74 Å². The summed E-state index contributed by atoms with van der Waals surface area (Å²) in [6.45, 7) is 0.501. The van der Waals surface area contributed by atoms with E-state index < -0.39 is 38.7 Å². The van der Waals surface area contributed by atoms with Gasteiger partial charge in [-0.1, -0.05) is 36.4 Å². The Hall–Kier alpha value is -1.87. The molecule has 1 aliphatic rings. The van der Waals surface area contributed by atoms with E-state index in [1.165, 1.54) is 0 Å². The van der Waals surface area contributed by atoms with Crippen LogP contribution in [-0.4, -0.2) is 33.3 Å². The number of rotatable bonds is 6. The van der Waals surface area contributed by atoms with E-state index in [1.807, 2.05) is 0 Å². The highest BCUT2D eigenvalue weighted by molar-refractivity contribution is 7.89. The van der Waals surface area contributed by atoms with Crippen LogP contribution in [-0.2, 0) is 20.4 Å². The first-order valence-electron chi connectivity index (χ1n) is 8.64. The molecular weight excluding hydrogens is 376 g/mol. The Bertz CT molecular complexity index is 866. The van der Waals surface area contributed by atoms with Crippen molar-refractivity contribution in [3.05, 3.63) is 65.7 Å². The summed E-state index contributed by atoms with van der Waals surface area (Å²) in [5.74, 6) is -2.63. The van der Waals surface area contributed by atoms with Gasteiger partial charge in [0.15, 0.2) is 4.90 Å². The molecule has 0 amide bonds. The number of sulfonamides is 1. The number of hydrogen-bond acceptors (Lipinski definition) is 4. The topological polar surface area (TPSA) is 75.6 Å². The van der Waals surface area contributed by atoms with Crippen molar-refractivity contribution in [2.75, 3.05) is 19.8 Å². The average molecular weight is 397 g/mol. The number of nitrogens with one attached hydrogen (secondary N) is 1. The molecule has 146 valence electrons. The van der Waals surface area contributed by atoms with Crippen molar-refractivity contribution >= 4 is 10.0 Å². The van der Waals surface area contributed by atoms with E-state index >= 15 is 0 Å². The first kappa shape index (κ1) is 19.9. The van der Waals surface area contributed by atoms with Gasteiger partial charge in [-0.2, -0.15) is 0 Å². The highest BCUT2D eigenvalue weighted by Crippen LogP contribution is 2.36. The van der Waals surface area contributed by atoms with E-state index in [0.29, 0.717) is 31.6 Å². The molecule has 8 heteroatoms. The predicted octanol–water partition coefficient (Wildman–Crippen LogP) is 2.56. The molecule has 1 aliphatic heterocycles. The van der Waals surface area contributed by atoms with E-state index in [0.717, 1.165) is 18.2 Å². The van der Waals surface area contributed by atoms with Gasteiger partial charge >= 0.3 is 0 Å². The van der Waals surface area contributed by atoms with Gasteiger partial charge in [-0.25, -0.2) is 21.9 Å². The van der Waals surface area contributed by atoms with Crippen LogP contribution in [0, 0.1) is 17.6 Å². The molecule has 0 aromatic heterocycles. The summed E-state index contributed by atoms with van der Waals surface area (Å²) in [4.78, 5) is -1.05. The van der Waals surface area contributed by atoms with Crippen LogP contribution in [0.2, 0.25) is 0 Å². The fourth-order valence-corrected chi connectivity index (χ4v) is 4.60. The van der Waals surface area contributed by atoms with E-state index in [-0.39, 0.29) is 5.92 Å². The standard InChI is InChI=1S/C19H21F2NO4S/c20-16-7-4-8-17(21)18(16)27(24,25)22-13-19(23,14-5-2-1-3-6-14)15-9-11-26-12-10-15/h1-8,15,22-23H,9-13H2/t19-/m0/s1. The van der Waals surface area contributed by atoms with Gasteiger partial charge in [0.05, 0.1) is 0 Å². The third-order valence-electron chi connectivity index (χ3n) is 4.89. The normalized spacial score (nSPS) is 18.2. The summed E-state index contributed by atoms with van der Waals surface area (Å²) in [7, 11) is -4.49. The summed E-state index contributed by atoms with van der Waals surface area (Å²) in [5, 5.41) is 11.4. The largest absolute Gasteiger partial charge is 0.383 e. The molecule has 2 aromatic rings. The molecule has 0 unspecified atom stereocenters. The number of aliphatic hydroxyl groups is 1. The summed E-state index contributed by atoms with van der Waals surface area (Å²) in [6, 6.07) is 11.5. The van der Waals surface area contributed by atoms with Crippen molar-refractivity contribution in [1.82, 2.24) is 4.72 Å². The molecular formula is C19H21F2NO4S. The lowest BCUT2D eigenvalue weighted by Crippen LogP contribution is -2.47. The molecule has 0 radical (unpaired) electrons. The maximum absolute atomic E-state index is 13.9. The fraction of sp³-hybridized carbons (Fsp3) is 0.368. The molecule has 0 spiro atoms. The molecule has 0 bridgehead atoms. The van der Waals surface area contributed by atoms with Gasteiger partial charge in [-0.05, 0) is 36.5 Å². The third kappa shape index (κ3) is 4.19. The van der Waals surface area contributed by atoms with Crippen molar-refractivity contribution in [2.24, 2.45) is 5.92 Å². The van der Waals surface area contributed by atoms with Crippen LogP contribution in [0.25, 0.3) is 0 Å². The first-order chi connectivity index (χ1) is 12.8. The summed E-state index contributed by atoms with van der Waals surface area (Å²) in [5.41, 5.74) is -0.992. The lowest BCUT2D eigenvalue weighted by atomic mass is 9.77. The van der Waals surface area contributed by atoms with Gasteiger partial charge in [0.1, 0.15) is 17.2 Å². The predicted molar refractivity (Wildman–Crippen MR) is 95.4 cm³/mol. The lowest BCUT2D eigenvalue weighted by Gasteiger charge is -2.39. The Morgan fingerprint density at radius 3 is 2.22 bits per heavy atom. The Kier molecular flexibility index (Phi) is 5.90. The second-order valence-electron chi connectivity index (χ2n) is 6.55. The maximum Gasteiger partial charge on any atom is 0.246 e. The highest BCUT2D eigenvalue weighted by atomic mass is 32.2. The SMILES string of the molecule is O=S(=O)(NC[C@](O)(c1ccccc1)C1CCOCC1)c1c(F)cccc1F. The third-order valence-corrected chi connectivity index (χ3v) is 6.34. The highest BCUT2D eigenvalue weighted by Gasteiger charge is 2.40. The van der Waals surface area contributed by atoms with Crippen molar-refractivity contribution in [3.63, 3.8) is 0 Å². The van der Waals surface area contributed by atoms with E-state index in [1.54, 1.807) is 30.3 Å². The number of halogens is 2. The molecule has 0 saturated carbocycles. The molecule has 1 heterocycles. The van der Waals surface area contributed by atoms with Crippen LogP contribution in [0.3, 0.4) is 0 Å². The fourth-order valence-electron chi connectivity index (χ4n) is 3.40. The Labute approximate surface area is 157 Å². The second kappa shape index (κ2) is 8.02. The number of ether oxygens (including phenoxy) is 1. The Morgan fingerprint density at radius 2 is 1.63 bits per heavy atom. The van der Waals surface area contributed by atoms with Crippen molar-refractivity contribution in [3.8, 4) is 0 Å². The monoisotopic (exact) mass is 397 g/mol. The molecule has 27 heavy (non-hydrogen) atoms. The quantitative estimate of drug-likeness (QED) is 0.786. The number of hydrogen-bond donors (Lipinski definition) is 2. The van der Waals surface area contributed by atoms with Crippen molar-refractivity contribution in [2.45, 2.75) is 23.3 Å². The summed E-state index contributed by atoms with van der Waals surface area (Å²) < 4.78 is 60.3. The molecule has 5 nitrogen and oxygen atoms in total. The minimum atomic E-state index is -4.49. The van der Waals surface area contributed by atoms with Crippen LogP contribution >= 0.6 is 0 Å². The van der Waals surface area contributed by atoms with Gasteiger partial charge in [0.2, 0.25) is 10.0 Å². The van der Waals surface area contributed by atoms with E-state index in [2.05, 4.69) is 4.72 Å². The molecule has 1 atom stereocenters. The Balaban J connectivity index is 1.91. The van der Waals surface area contributed by atoms with Crippen molar-refractivity contribution < 1.29 is 27.0 Å². The van der Waals surface area contributed by atoms with Crippen LogP contribution < -0.4 is 4.72 Å². The van der Waals surface area contributed by atoms with Crippen LogP contribution in [0.1, 0.15) is 18.4 Å². The van der Waals surface area contributed by atoms with Crippen molar-refractivity contribution in [1.29, 1.82) is 0 Å². The molecule has 2 aromatic carbocycles. The first-order valence-corrected chi connectivity index (χ1v) is 10.1. The number of benzene rings is 2.